The molecule has 2 atom stereocenters. The first kappa shape index (κ1) is 35.0. The second kappa shape index (κ2) is 15.0. The van der Waals surface area contributed by atoms with Crippen LogP contribution in [0, 0.1) is 6.92 Å². The molecule has 5 aromatic rings. The molecule has 0 bridgehead atoms. The van der Waals surface area contributed by atoms with Crippen LogP contribution < -0.4 is 20.9 Å². The van der Waals surface area contributed by atoms with Gasteiger partial charge in [0.15, 0.2) is 0 Å². The summed E-state index contributed by atoms with van der Waals surface area (Å²) in [5.74, 6) is 1.25. The number of aryl methyl sites for hydroxylation is 2. The minimum Gasteiger partial charge on any atom is -0.481 e. The summed E-state index contributed by atoms with van der Waals surface area (Å²) in [5, 5.41) is 12.4. The van der Waals surface area contributed by atoms with Crippen LogP contribution in [0.1, 0.15) is 62.3 Å². The number of anilines is 2. The Balaban J connectivity index is 0.00000212. The molecule has 4 heterocycles. The Morgan fingerprint density at radius 3 is 2.58 bits per heavy atom. The number of nitrogens with one attached hydrogen (secondary N) is 2. The molecule has 11 heteroatoms. The Labute approximate surface area is 297 Å². The van der Waals surface area contributed by atoms with Crippen LogP contribution in [0.15, 0.2) is 65.7 Å². The number of nitrogens with zero attached hydrogens (tertiary/aromatic N) is 5. The highest BCUT2D eigenvalue weighted by Gasteiger charge is 2.32. The summed E-state index contributed by atoms with van der Waals surface area (Å²) in [6.07, 6.45) is 7.68. The minimum absolute atomic E-state index is 0.152. The normalized spacial score (nSPS) is 16.6. The van der Waals surface area contributed by atoms with Crippen LogP contribution in [0.3, 0.4) is 0 Å². The van der Waals surface area contributed by atoms with Crippen LogP contribution in [-0.2, 0) is 18.3 Å². The van der Waals surface area contributed by atoms with Gasteiger partial charge in [0, 0.05) is 66.1 Å². The van der Waals surface area contributed by atoms with Crippen LogP contribution in [-0.4, -0.2) is 57.3 Å². The van der Waals surface area contributed by atoms with Crippen molar-refractivity contribution >= 4 is 39.8 Å². The molecular weight excluding hydrogens is 650 g/mol. The topological polar surface area (TPSA) is 114 Å². The summed E-state index contributed by atoms with van der Waals surface area (Å²) in [6.45, 7) is 6.91. The molecule has 1 aliphatic carbocycles. The summed E-state index contributed by atoms with van der Waals surface area (Å²) < 4.78 is 7.21. The van der Waals surface area contributed by atoms with Gasteiger partial charge in [-0.05, 0) is 74.5 Å². The highest BCUT2D eigenvalue weighted by Crippen LogP contribution is 2.44. The second-order valence-corrected chi connectivity index (χ2v) is 13.1. The molecule has 1 fully saturated rings. The zero-order chi connectivity index (χ0) is 35.5. The number of benzene rings is 2. The lowest BCUT2D eigenvalue weighted by Crippen LogP contribution is -2.31. The third kappa shape index (κ3) is 6.69. The van der Waals surface area contributed by atoms with Crippen molar-refractivity contribution in [3.8, 4) is 28.3 Å². The number of pyridine rings is 2. The minimum atomic E-state index is -0.220. The van der Waals surface area contributed by atoms with Gasteiger partial charge in [-0.15, -0.1) is 0 Å². The van der Waals surface area contributed by atoms with Gasteiger partial charge in [-0.2, -0.15) is 5.10 Å². The number of carbonyl (C=O) groups is 1. The lowest BCUT2D eigenvalue weighted by atomic mass is 9.96. The van der Waals surface area contributed by atoms with E-state index in [1.54, 1.807) is 32.6 Å². The highest BCUT2D eigenvalue weighted by atomic mass is 35.5. The fourth-order valence-corrected chi connectivity index (χ4v) is 7.45. The molecule has 3 aromatic heterocycles. The number of methoxy groups -OCH3 is 1. The van der Waals surface area contributed by atoms with Crippen LogP contribution in [0.5, 0.6) is 5.88 Å². The van der Waals surface area contributed by atoms with Gasteiger partial charge in [-0.1, -0.05) is 55.8 Å². The van der Waals surface area contributed by atoms with Crippen molar-refractivity contribution in [1.82, 2.24) is 30.0 Å². The quantitative estimate of drug-likeness (QED) is 0.164. The molecule has 0 radical (unpaired) electrons. The maximum atomic E-state index is 13.0. The standard InChI is InChI=1S/C37H38ClN7O3.C2H6/c1-21-25(7-6-10-28(21)42-35-33-23(15-17-39-35)20-40-45(3)37(33)47)26-8-5-9-27(34(26)38)29-19-22-11-13-30(32(22)36(43-29)48-4)44(2)18-16-24-12-14-31(46)41-24;1-2/h5-10,15,17,19-20,24,30H,11-14,16,18H2,1-4H3,(H,39,42)(H,41,46);1-2H3. The number of amides is 1. The highest BCUT2D eigenvalue weighted by molar-refractivity contribution is 6.36. The number of rotatable bonds is 9. The summed E-state index contributed by atoms with van der Waals surface area (Å²) in [5.41, 5.74) is 7.33. The van der Waals surface area contributed by atoms with Gasteiger partial charge in [-0.3, -0.25) is 14.5 Å². The van der Waals surface area contributed by atoms with Crippen molar-refractivity contribution in [3.63, 3.8) is 0 Å². The van der Waals surface area contributed by atoms with Crippen molar-refractivity contribution in [2.24, 2.45) is 7.05 Å². The molecule has 2 N–H and O–H groups in total. The monoisotopic (exact) mass is 693 g/mol. The van der Waals surface area contributed by atoms with E-state index in [9.17, 15) is 9.59 Å². The Morgan fingerprint density at radius 2 is 1.82 bits per heavy atom. The van der Waals surface area contributed by atoms with Crippen LogP contribution in [0.25, 0.3) is 33.2 Å². The van der Waals surface area contributed by atoms with E-state index in [0.29, 0.717) is 28.5 Å². The summed E-state index contributed by atoms with van der Waals surface area (Å²) in [6, 6.07) is 16.4. The maximum Gasteiger partial charge on any atom is 0.278 e. The lowest BCUT2D eigenvalue weighted by molar-refractivity contribution is -0.119. The lowest BCUT2D eigenvalue weighted by Gasteiger charge is -2.27. The van der Waals surface area contributed by atoms with Gasteiger partial charge in [-0.25, -0.2) is 14.6 Å². The van der Waals surface area contributed by atoms with Gasteiger partial charge < -0.3 is 15.4 Å². The Hall–Kier alpha value is -4.80. The predicted octanol–water partition coefficient (Wildman–Crippen LogP) is 7.39. The molecule has 0 saturated carbocycles. The third-order valence-electron chi connectivity index (χ3n) is 9.78. The van der Waals surface area contributed by atoms with Gasteiger partial charge in [0.25, 0.3) is 5.56 Å². The van der Waals surface area contributed by atoms with E-state index < -0.39 is 0 Å². The fourth-order valence-electron chi connectivity index (χ4n) is 7.12. The van der Waals surface area contributed by atoms with Crippen LogP contribution >= 0.6 is 11.6 Å². The van der Waals surface area contributed by atoms with Gasteiger partial charge in [0.2, 0.25) is 11.8 Å². The summed E-state index contributed by atoms with van der Waals surface area (Å²) in [7, 11) is 5.44. The van der Waals surface area contributed by atoms with Crippen molar-refractivity contribution in [2.75, 3.05) is 26.0 Å². The Kier molecular flexibility index (Phi) is 10.5. The molecular formula is C39H44ClN7O3. The van der Waals surface area contributed by atoms with E-state index in [2.05, 4.69) is 38.7 Å². The molecule has 1 aliphatic heterocycles. The van der Waals surface area contributed by atoms with E-state index in [0.717, 1.165) is 76.8 Å². The van der Waals surface area contributed by atoms with Gasteiger partial charge in [0.1, 0.15) is 5.82 Å². The predicted molar refractivity (Wildman–Crippen MR) is 200 cm³/mol. The average Bonchev–Trinajstić information content (AvgIpc) is 3.76. The van der Waals surface area contributed by atoms with Crippen molar-refractivity contribution in [1.29, 1.82) is 0 Å². The number of aromatic nitrogens is 4. The smallest absolute Gasteiger partial charge is 0.278 e. The molecule has 2 aliphatic rings. The zero-order valence-electron chi connectivity index (χ0n) is 29.5. The third-order valence-corrected chi connectivity index (χ3v) is 10.2. The van der Waals surface area contributed by atoms with Crippen LogP contribution in [0.4, 0.5) is 11.5 Å². The first-order chi connectivity index (χ1) is 24.2. The fraction of sp³-hybridized carbons (Fsp3) is 0.359. The first-order valence-electron chi connectivity index (χ1n) is 17.3. The number of halogens is 1. The van der Waals surface area contributed by atoms with Gasteiger partial charge >= 0.3 is 0 Å². The molecule has 0 spiro atoms. The molecule has 2 aromatic carbocycles. The summed E-state index contributed by atoms with van der Waals surface area (Å²) >= 11 is 7.22. The molecule has 50 heavy (non-hydrogen) atoms. The number of carbonyl (C=O) groups excluding carboxylic acids is 1. The average molecular weight is 694 g/mol. The largest absolute Gasteiger partial charge is 0.481 e. The van der Waals surface area contributed by atoms with Crippen molar-refractivity contribution < 1.29 is 9.53 Å². The number of hydrogen-bond acceptors (Lipinski definition) is 8. The Morgan fingerprint density at radius 1 is 1.06 bits per heavy atom. The van der Waals surface area contributed by atoms with Gasteiger partial charge in [0.05, 0.1) is 29.4 Å². The van der Waals surface area contributed by atoms with E-state index >= 15 is 0 Å². The van der Waals surface area contributed by atoms with E-state index in [4.69, 9.17) is 21.3 Å². The molecule has 10 nitrogen and oxygen atoms in total. The van der Waals surface area contributed by atoms with E-state index in [1.165, 1.54) is 10.2 Å². The first-order valence-corrected chi connectivity index (χ1v) is 17.7. The maximum absolute atomic E-state index is 13.0. The molecule has 260 valence electrons. The summed E-state index contributed by atoms with van der Waals surface area (Å²) in [4.78, 5) is 36.5. The zero-order valence-corrected chi connectivity index (χ0v) is 30.3. The van der Waals surface area contributed by atoms with Crippen LogP contribution in [0.2, 0.25) is 5.02 Å². The molecule has 1 saturated heterocycles. The number of fused-ring (bicyclic) bond motifs is 2. The number of hydrogen-bond donors (Lipinski definition) is 2. The van der Waals surface area contributed by atoms with Crippen molar-refractivity contribution in [2.45, 2.75) is 65.0 Å². The SMILES string of the molecule is CC.COc1nc(-c2cccc(-c3cccc(Nc4nccc5cnn(C)c(=O)c45)c3C)c2Cl)cc2c1C(N(C)CCC1CCC(=O)N1)CC2. The van der Waals surface area contributed by atoms with E-state index in [-0.39, 0.29) is 23.6 Å². The molecule has 2 unspecified atom stereocenters. The van der Waals surface area contributed by atoms with E-state index in [1.807, 2.05) is 57.2 Å². The van der Waals surface area contributed by atoms with Crippen molar-refractivity contribution in [3.05, 3.63) is 93.0 Å². The second-order valence-electron chi connectivity index (χ2n) is 12.7. The number of ether oxygens (including phenoxy) is 1. The molecule has 1 amide bonds. The Bertz CT molecular complexity index is 2110. The molecule has 7 rings (SSSR count).